The molecule has 0 atom stereocenters. The van der Waals surface area contributed by atoms with Gasteiger partial charge in [-0.25, -0.2) is 0 Å². The van der Waals surface area contributed by atoms with E-state index in [9.17, 15) is 0 Å². The van der Waals surface area contributed by atoms with Crippen molar-refractivity contribution in [2.24, 2.45) is 0 Å². The van der Waals surface area contributed by atoms with E-state index in [1.165, 1.54) is 32.3 Å². The van der Waals surface area contributed by atoms with Gasteiger partial charge in [-0.15, -0.1) is 0 Å². The van der Waals surface area contributed by atoms with Gasteiger partial charge in [0.15, 0.2) is 0 Å². The predicted octanol–water partition coefficient (Wildman–Crippen LogP) is 8.00. The van der Waals surface area contributed by atoms with Crippen LogP contribution >= 0.6 is 0 Å². The molecule has 0 N–H and O–H groups in total. The topological polar surface area (TPSA) is 22.1 Å². The zero-order chi connectivity index (χ0) is 20.6. The second kappa shape index (κ2) is 7.26. The molecule has 0 spiro atoms. The Morgan fingerprint density at radius 2 is 1.03 bits per heavy atom. The molecule has 0 unspecified atom stereocenters. The Labute approximate surface area is 180 Å². The Kier molecular flexibility index (Phi) is 4.14. The van der Waals surface area contributed by atoms with Crippen molar-refractivity contribution in [3.63, 3.8) is 0 Å². The molecule has 6 aromatic rings. The van der Waals surface area contributed by atoms with Gasteiger partial charge < -0.3 is 4.74 Å². The molecule has 0 saturated carbocycles. The van der Waals surface area contributed by atoms with Crippen molar-refractivity contribution in [1.82, 2.24) is 4.98 Å². The van der Waals surface area contributed by atoms with Crippen molar-refractivity contribution in [2.75, 3.05) is 0 Å². The molecule has 0 amide bonds. The maximum atomic E-state index is 6.02. The fourth-order valence-electron chi connectivity index (χ4n) is 4.32. The Morgan fingerprint density at radius 1 is 0.452 bits per heavy atom. The van der Waals surface area contributed by atoms with E-state index < -0.39 is 0 Å². The van der Waals surface area contributed by atoms with Crippen LogP contribution in [0.5, 0.6) is 11.5 Å². The van der Waals surface area contributed by atoms with E-state index in [-0.39, 0.29) is 0 Å². The fraction of sp³-hybridized carbons (Fsp3) is 0. The van der Waals surface area contributed by atoms with Gasteiger partial charge in [0.1, 0.15) is 11.5 Å². The van der Waals surface area contributed by atoms with Crippen LogP contribution in [0.15, 0.2) is 115 Å². The third-order valence-corrected chi connectivity index (χ3v) is 5.75. The quantitative estimate of drug-likeness (QED) is 0.282. The van der Waals surface area contributed by atoms with Gasteiger partial charge in [0.25, 0.3) is 0 Å². The maximum absolute atomic E-state index is 6.02. The molecule has 0 fully saturated rings. The lowest BCUT2D eigenvalue weighted by Crippen LogP contribution is -1.89. The largest absolute Gasteiger partial charge is 0.457 e. The highest BCUT2D eigenvalue weighted by Gasteiger charge is 2.10. The fourth-order valence-corrected chi connectivity index (χ4v) is 4.32. The average Bonchev–Trinajstić information content (AvgIpc) is 2.85. The van der Waals surface area contributed by atoms with Crippen molar-refractivity contribution in [1.29, 1.82) is 0 Å². The van der Waals surface area contributed by atoms with Crippen molar-refractivity contribution in [3.05, 3.63) is 115 Å². The van der Waals surface area contributed by atoms with Crippen LogP contribution in [0, 0.1) is 0 Å². The standard InChI is InChI=1S/C29H19NO/c1-2-8-21(9-3-1)31-22-16-17-30-29(19-22)20-14-15-27-25-12-5-4-10-23(25)24-11-6-7-13-26(24)28(27)18-20/h1-19H. The molecule has 31 heavy (non-hydrogen) atoms. The first-order valence-electron chi connectivity index (χ1n) is 10.4. The summed E-state index contributed by atoms with van der Waals surface area (Å²) in [4.78, 5) is 4.62. The van der Waals surface area contributed by atoms with Gasteiger partial charge in [-0.3, -0.25) is 4.98 Å². The van der Waals surface area contributed by atoms with E-state index in [4.69, 9.17) is 4.74 Å². The Bertz CT molecular complexity index is 1520. The number of ether oxygens (including phenoxy) is 1. The molecule has 2 nitrogen and oxygen atoms in total. The van der Waals surface area contributed by atoms with E-state index in [0.29, 0.717) is 0 Å². The maximum Gasteiger partial charge on any atom is 0.131 e. The first-order chi connectivity index (χ1) is 15.4. The zero-order valence-electron chi connectivity index (χ0n) is 16.8. The summed E-state index contributed by atoms with van der Waals surface area (Å²) in [6.45, 7) is 0. The lowest BCUT2D eigenvalue weighted by molar-refractivity contribution is 0.482. The number of aromatic nitrogens is 1. The number of benzene rings is 5. The monoisotopic (exact) mass is 397 g/mol. The first-order valence-corrected chi connectivity index (χ1v) is 10.4. The second-order valence-corrected chi connectivity index (χ2v) is 7.64. The van der Waals surface area contributed by atoms with E-state index in [1.807, 2.05) is 42.5 Å². The molecular weight excluding hydrogens is 378 g/mol. The smallest absolute Gasteiger partial charge is 0.131 e. The zero-order valence-corrected chi connectivity index (χ0v) is 16.8. The summed E-state index contributed by atoms with van der Waals surface area (Å²) >= 11 is 0. The summed E-state index contributed by atoms with van der Waals surface area (Å²) in [5.41, 5.74) is 1.97. The van der Waals surface area contributed by atoms with Crippen LogP contribution < -0.4 is 4.74 Å². The third-order valence-electron chi connectivity index (χ3n) is 5.75. The lowest BCUT2D eigenvalue weighted by atomic mass is 9.93. The SMILES string of the molecule is c1ccc(Oc2ccnc(-c3ccc4c5ccccc5c5ccccc5c4c3)c2)cc1. The number of rotatable bonds is 3. The molecule has 2 heteroatoms. The Hall–Kier alpha value is -4.17. The van der Waals surface area contributed by atoms with Crippen LogP contribution in [0.3, 0.4) is 0 Å². The van der Waals surface area contributed by atoms with Gasteiger partial charge >= 0.3 is 0 Å². The van der Waals surface area contributed by atoms with E-state index >= 15 is 0 Å². The summed E-state index contributed by atoms with van der Waals surface area (Å²) in [6, 6.07) is 37.6. The molecule has 0 aliphatic carbocycles. The Morgan fingerprint density at radius 3 is 1.71 bits per heavy atom. The Balaban J connectivity index is 1.53. The summed E-state index contributed by atoms with van der Waals surface area (Å²) in [6.07, 6.45) is 1.80. The van der Waals surface area contributed by atoms with Gasteiger partial charge in [0, 0.05) is 17.8 Å². The van der Waals surface area contributed by atoms with Crippen molar-refractivity contribution >= 4 is 32.3 Å². The van der Waals surface area contributed by atoms with Crippen LogP contribution in [0.1, 0.15) is 0 Å². The number of para-hydroxylation sites is 1. The van der Waals surface area contributed by atoms with E-state index in [2.05, 4.69) is 71.7 Å². The van der Waals surface area contributed by atoms with E-state index in [1.54, 1.807) is 6.20 Å². The third kappa shape index (κ3) is 3.10. The molecule has 0 bridgehead atoms. The second-order valence-electron chi connectivity index (χ2n) is 7.64. The van der Waals surface area contributed by atoms with Crippen LogP contribution in [-0.4, -0.2) is 4.98 Å². The molecule has 5 aromatic carbocycles. The minimum absolute atomic E-state index is 0.777. The van der Waals surface area contributed by atoms with Crippen molar-refractivity contribution in [2.45, 2.75) is 0 Å². The highest BCUT2D eigenvalue weighted by molar-refractivity contribution is 6.25. The summed E-state index contributed by atoms with van der Waals surface area (Å²) in [7, 11) is 0. The summed E-state index contributed by atoms with van der Waals surface area (Å²) in [5, 5.41) is 7.59. The van der Waals surface area contributed by atoms with Gasteiger partial charge in [-0.2, -0.15) is 0 Å². The first kappa shape index (κ1) is 17.7. The number of pyridine rings is 1. The molecule has 0 saturated heterocycles. The minimum atomic E-state index is 0.777. The summed E-state index contributed by atoms with van der Waals surface area (Å²) in [5.74, 6) is 1.59. The highest BCUT2D eigenvalue weighted by Crippen LogP contribution is 2.37. The van der Waals surface area contributed by atoms with Gasteiger partial charge in [0.2, 0.25) is 0 Å². The average molecular weight is 397 g/mol. The van der Waals surface area contributed by atoms with Gasteiger partial charge in [0.05, 0.1) is 5.69 Å². The lowest BCUT2D eigenvalue weighted by Gasteiger charge is -2.12. The number of hydrogen-bond donors (Lipinski definition) is 0. The van der Waals surface area contributed by atoms with Gasteiger partial charge in [-0.1, -0.05) is 78.9 Å². The van der Waals surface area contributed by atoms with Gasteiger partial charge in [-0.05, 0) is 56.6 Å². The number of hydrogen-bond acceptors (Lipinski definition) is 2. The number of fused-ring (bicyclic) bond motifs is 6. The van der Waals surface area contributed by atoms with E-state index in [0.717, 1.165) is 22.8 Å². The molecule has 1 heterocycles. The van der Waals surface area contributed by atoms with Crippen molar-refractivity contribution < 1.29 is 4.74 Å². The van der Waals surface area contributed by atoms with Crippen LogP contribution in [-0.2, 0) is 0 Å². The molecule has 6 rings (SSSR count). The van der Waals surface area contributed by atoms with Crippen LogP contribution in [0.2, 0.25) is 0 Å². The molecule has 0 aliphatic rings. The normalized spacial score (nSPS) is 11.2. The molecular formula is C29H19NO. The number of nitrogens with zero attached hydrogens (tertiary/aromatic N) is 1. The highest BCUT2D eigenvalue weighted by atomic mass is 16.5. The van der Waals surface area contributed by atoms with Crippen LogP contribution in [0.4, 0.5) is 0 Å². The predicted molar refractivity (Wildman–Crippen MR) is 129 cm³/mol. The molecule has 0 aliphatic heterocycles. The molecule has 0 radical (unpaired) electrons. The van der Waals surface area contributed by atoms with Crippen LogP contribution in [0.25, 0.3) is 43.6 Å². The molecule has 1 aromatic heterocycles. The summed E-state index contributed by atoms with van der Waals surface area (Å²) < 4.78 is 6.02. The molecule has 146 valence electrons. The van der Waals surface area contributed by atoms with Crippen molar-refractivity contribution in [3.8, 4) is 22.8 Å². The minimum Gasteiger partial charge on any atom is -0.457 e.